The van der Waals surface area contributed by atoms with Crippen molar-refractivity contribution >= 4 is 0 Å². The minimum atomic E-state index is 0.129. The van der Waals surface area contributed by atoms with Gasteiger partial charge in [-0.15, -0.1) is 0 Å². The summed E-state index contributed by atoms with van der Waals surface area (Å²) in [5, 5.41) is 0. The minimum absolute atomic E-state index is 0.129. The molecule has 2 heteroatoms. The first-order valence-corrected chi connectivity index (χ1v) is 5.61. The molecule has 2 nitrogen and oxygen atoms in total. The van der Waals surface area contributed by atoms with Crippen LogP contribution in [0.3, 0.4) is 0 Å². The fourth-order valence-electron chi connectivity index (χ4n) is 2.32. The summed E-state index contributed by atoms with van der Waals surface area (Å²) in [5.41, 5.74) is 6.36. The Bertz CT molecular complexity index is 179. The van der Waals surface area contributed by atoms with Gasteiger partial charge in [0.2, 0.25) is 0 Å². The Morgan fingerprint density at radius 2 is 2.00 bits per heavy atom. The predicted octanol–water partition coefficient (Wildman–Crippen LogP) is 1.46. The van der Waals surface area contributed by atoms with Gasteiger partial charge in [-0.3, -0.25) is 4.90 Å². The van der Waals surface area contributed by atoms with Crippen LogP contribution in [0.25, 0.3) is 0 Å². The van der Waals surface area contributed by atoms with Gasteiger partial charge in [-0.2, -0.15) is 0 Å². The number of hydrogen-bond donors (Lipinski definition) is 1. The second-order valence-electron chi connectivity index (χ2n) is 5.35. The molecule has 1 aliphatic carbocycles. The molecule has 0 unspecified atom stereocenters. The van der Waals surface area contributed by atoms with Crippen molar-refractivity contribution in [2.75, 3.05) is 19.6 Å². The second kappa shape index (κ2) is 3.25. The van der Waals surface area contributed by atoms with Gasteiger partial charge in [-0.05, 0) is 24.7 Å². The first kappa shape index (κ1) is 9.47. The van der Waals surface area contributed by atoms with E-state index in [1.807, 2.05) is 0 Å². The third-order valence-corrected chi connectivity index (χ3v) is 3.93. The quantitative estimate of drug-likeness (QED) is 0.716. The molecule has 2 fully saturated rings. The molecule has 0 aromatic heterocycles. The lowest BCUT2D eigenvalue weighted by Crippen LogP contribution is -2.70. The van der Waals surface area contributed by atoms with Gasteiger partial charge in [-0.1, -0.05) is 20.3 Å². The van der Waals surface area contributed by atoms with E-state index in [4.69, 9.17) is 5.73 Å². The molecular weight excluding hydrogens is 160 g/mol. The lowest BCUT2D eigenvalue weighted by Gasteiger charge is -2.52. The number of hydrogen-bond acceptors (Lipinski definition) is 2. The van der Waals surface area contributed by atoms with Crippen molar-refractivity contribution in [1.82, 2.24) is 4.90 Å². The summed E-state index contributed by atoms with van der Waals surface area (Å²) < 4.78 is 0. The number of nitrogens with zero attached hydrogens (tertiary/aromatic N) is 1. The molecule has 2 N–H and O–H groups in total. The largest absolute Gasteiger partial charge is 0.323 e. The Balaban J connectivity index is 1.71. The van der Waals surface area contributed by atoms with E-state index in [1.165, 1.54) is 25.8 Å². The molecular formula is C11H22N2. The maximum Gasteiger partial charge on any atom is 0.0435 e. The van der Waals surface area contributed by atoms with Crippen molar-refractivity contribution in [3.63, 3.8) is 0 Å². The molecule has 1 aliphatic heterocycles. The van der Waals surface area contributed by atoms with E-state index < -0.39 is 0 Å². The van der Waals surface area contributed by atoms with Crippen LogP contribution in [0.1, 0.15) is 33.1 Å². The Morgan fingerprint density at radius 1 is 1.38 bits per heavy atom. The minimum Gasteiger partial charge on any atom is -0.323 e. The van der Waals surface area contributed by atoms with E-state index in [2.05, 4.69) is 18.7 Å². The van der Waals surface area contributed by atoms with Crippen LogP contribution in [0, 0.1) is 11.8 Å². The predicted molar refractivity (Wildman–Crippen MR) is 55.5 cm³/mol. The summed E-state index contributed by atoms with van der Waals surface area (Å²) in [7, 11) is 0. The Morgan fingerprint density at radius 3 is 2.38 bits per heavy atom. The summed E-state index contributed by atoms with van der Waals surface area (Å²) in [5.74, 6) is 1.63. The monoisotopic (exact) mass is 182 g/mol. The fourth-order valence-corrected chi connectivity index (χ4v) is 2.32. The molecule has 1 heterocycles. The fraction of sp³-hybridized carbons (Fsp3) is 1.00. The summed E-state index contributed by atoms with van der Waals surface area (Å²) >= 11 is 0. The first-order valence-electron chi connectivity index (χ1n) is 5.61. The van der Waals surface area contributed by atoms with E-state index in [1.54, 1.807) is 0 Å². The van der Waals surface area contributed by atoms with E-state index >= 15 is 0 Å². The van der Waals surface area contributed by atoms with E-state index in [-0.39, 0.29) is 5.54 Å². The molecule has 76 valence electrons. The van der Waals surface area contributed by atoms with Crippen molar-refractivity contribution in [1.29, 1.82) is 0 Å². The van der Waals surface area contributed by atoms with Gasteiger partial charge in [0.25, 0.3) is 0 Å². The molecule has 13 heavy (non-hydrogen) atoms. The van der Waals surface area contributed by atoms with Crippen LogP contribution >= 0.6 is 0 Å². The summed E-state index contributed by atoms with van der Waals surface area (Å²) in [4.78, 5) is 2.53. The van der Waals surface area contributed by atoms with Gasteiger partial charge in [-0.25, -0.2) is 0 Å². The van der Waals surface area contributed by atoms with Gasteiger partial charge in [0.05, 0.1) is 0 Å². The molecule has 0 aromatic carbocycles. The number of likely N-dealkylation sites (tertiary alicyclic amines) is 1. The van der Waals surface area contributed by atoms with E-state index in [9.17, 15) is 0 Å². The first-order chi connectivity index (χ1) is 6.10. The molecule has 0 amide bonds. The van der Waals surface area contributed by atoms with Crippen molar-refractivity contribution in [3.05, 3.63) is 0 Å². The SMILES string of the molecule is CC(C)C1(N)CN(CC2CCC2)C1. The number of rotatable bonds is 3. The van der Waals surface area contributed by atoms with E-state index in [0.717, 1.165) is 19.0 Å². The van der Waals surface area contributed by atoms with Crippen LogP contribution in [-0.4, -0.2) is 30.1 Å². The Hall–Kier alpha value is -0.0800. The van der Waals surface area contributed by atoms with Crippen molar-refractivity contribution < 1.29 is 0 Å². The molecule has 1 saturated carbocycles. The highest BCUT2D eigenvalue weighted by atomic mass is 15.2. The molecule has 0 bridgehead atoms. The zero-order valence-corrected chi connectivity index (χ0v) is 8.92. The summed E-state index contributed by atoms with van der Waals surface area (Å²) in [6.07, 6.45) is 4.36. The Kier molecular flexibility index (Phi) is 2.37. The van der Waals surface area contributed by atoms with Crippen LogP contribution in [0.2, 0.25) is 0 Å². The van der Waals surface area contributed by atoms with Crippen LogP contribution in [0.5, 0.6) is 0 Å². The third-order valence-electron chi connectivity index (χ3n) is 3.93. The highest BCUT2D eigenvalue weighted by Gasteiger charge is 2.42. The van der Waals surface area contributed by atoms with Crippen LogP contribution in [0.4, 0.5) is 0 Å². The normalized spacial score (nSPS) is 28.6. The zero-order valence-electron chi connectivity index (χ0n) is 8.92. The van der Waals surface area contributed by atoms with Crippen LogP contribution in [0.15, 0.2) is 0 Å². The van der Waals surface area contributed by atoms with Gasteiger partial charge in [0.15, 0.2) is 0 Å². The van der Waals surface area contributed by atoms with Gasteiger partial charge in [0.1, 0.15) is 0 Å². The molecule has 2 rings (SSSR count). The number of nitrogens with two attached hydrogens (primary N) is 1. The average Bonchev–Trinajstić information content (AvgIpc) is 1.91. The Labute approximate surface area is 81.5 Å². The van der Waals surface area contributed by atoms with E-state index in [0.29, 0.717) is 5.92 Å². The molecule has 0 aromatic rings. The molecule has 0 atom stereocenters. The maximum absolute atomic E-state index is 6.23. The summed E-state index contributed by atoms with van der Waals surface area (Å²) in [6, 6.07) is 0. The molecule has 1 saturated heterocycles. The topological polar surface area (TPSA) is 29.3 Å². The smallest absolute Gasteiger partial charge is 0.0435 e. The van der Waals surface area contributed by atoms with Crippen LogP contribution in [-0.2, 0) is 0 Å². The standard InChI is InChI=1S/C11H22N2/c1-9(2)11(12)7-13(8-11)6-10-4-3-5-10/h9-10H,3-8,12H2,1-2H3. The molecule has 2 aliphatic rings. The molecule has 0 spiro atoms. The lowest BCUT2D eigenvalue weighted by atomic mass is 9.78. The average molecular weight is 182 g/mol. The molecule has 0 radical (unpaired) electrons. The highest BCUT2D eigenvalue weighted by molar-refractivity contribution is 5.02. The van der Waals surface area contributed by atoms with Crippen LogP contribution < -0.4 is 5.73 Å². The van der Waals surface area contributed by atoms with Crippen molar-refractivity contribution in [2.45, 2.75) is 38.6 Å². The second-order valence-corrected chi connectivity index (χ2v) is 5.35. The highest BCUT2D eigenvalue weighted by Crippen LogP contribution is 2.32. The lowest BCUT2D eigenvalue weighted by molar-refractivity contribution is 0.0150. The van der Waals surface area contributed by atoms with Crippen molar-refractivity contribution in [2.24, 2.45) is 17.6 Å². The van der Waals surface area contributed by atoms with Crippen molar-refractivity contribution in [3.8, 4) is 0 Å². The zero-order chi connectivity index (χ0) is 9.47. The van der Waals surface area contributed by atoms with Gasteiger partial charge in [0, 0.05) is 25.2 Å². The van der Waals surface area contributed by atoms with Gasteiger partial charge >= 0.3 is 0 Å². The maximum atomic E-state index is 6.23. The van der Waals surface area contributed by atoms with Gasteiger partial charge < -0.3 is 5.73 Å². The third kappa shape index (κ3) is 1.75. The summed E-state index contributed by atoms with van der Waals surface area (Å²) in [6.45, 7) is 8.04.